The number of fused-ring (bicyclic) bond motifs is 1. The van der Waals surface area contributed by atoms with Gasteiger partial charge in [0.1, 0.15) is 24.0 Å². The molecule has 12 nitrogen and oxygen atoms in total. The van der Waals surface area contributed by atoms with Crippen molar-refractivity contribution in [2.75, 3.05) is 25.0 Å². The van der Waals surface area contributed by atoms with Crippen molar-refractivity contribution >= 4 is 46.4 Å². The standard InChI is InChI=1S/C36H34F4N6O6/c1-21(2)29(42-30(47)26-18-24(36(38,39)40)9-11-27(26)37)31(48)44-15-13-35(14-16-44)32(49)43(3)33(50)45(35)25-10-12-28-23(17-25)19-41-46(28)34(51)52-20-22-7-5-4-6-8-22/h4-12,17-19,21,29H,13-16,20H2,1-3H3,(H,42,47). The molecule has 1 spiro atoms. The van der Waals surface area contributed by atoms with Crippen molar-refractivity contribution in [1.82, 2.24) is 24.9 Å². The van der Waals surface area contributed by atoms with E-state index in [0.717, 1.165) is 15.1 Å². The summed E-state index contributed by atoms with van der Waals surface area (Å²) in [6.07, 6.45) is -4.03. The van der Waals surface area contributed by atoms with Crippen molar-refractivity contribution in [2.45, 2.75) is 51.1 Å². The van der Waals surface area contributed by atoms with E-state index in [1.54, 1.807) is 32.0 Å². The van der Waals surface area contributed by atoms with E-state index in [1.165, 1.54) is 23.0 Å². The number of urea groups is 1. The number of benzene rings is 3. The number of anilines is 1. The summed E-state index contributed by atoms with van der Waals surface area (Å²) in [7, 11) is 1.36. The normalized spacial score (nSPS) is 16.6. The van der Waals surface area contributed by atoms with Crippen molar-refractivity contribution in [3.05, 3.63) is 95.4 Å². The lowest BCUT2D eigenvalue weighted by atomic mass is 9.85. The van der Waals surface area contributed by atoms with E-state index in [1.807, 2.05) is 30.3 Å². The van der Waals surface area contributed by atoms with E-state index >= 15 is 0 Å². The van der Waals surface area contributed by atoms with Crippen LogP contribution in [-0.4, -0.2) is 81.1 Å². The van der Waals surface area contributed by atoms with Crippen LogP contribution in [0, 0.1) is 11.7 Å². The average Bonchev–Trinajstić information content (AvgIpc) is 3.62. The van der Waals surface area contributed by atoms with E-state index in [4.69, 9.17) is 4.74 Å². The van der Waals surface area contributed by atoms with Gasteiger partial charge in [0.25, 0.3) is 11.8 Å². The molecule has 1 unspecified atom stereocenters. The summed E-state index contributed by atoms with van der Waals surface area (Å²) in [6, 6.07) is 13.6. The number of amides is 5. The minimum atomic E-state index is -4.81. The Kier molecular flexibility index (Phi) is 9.51. The Hall–Kier alpha value is -5.80. The Morgan fingerprint density at radius 3 is 2.33 bits per heavy atom. The van der Waals surface area contributed by atoms with Crippen LogP contribution in [-0.2, 0) is 27.1 Å². The lowest BCUT2D eigenvalue weighted by Crippen LogP contribution is -2.60. The molecule has 3 aromatic carbocycles. The van der Waals surface area contributed by atoms with Gasteiger partial charge in [0.2, 0.25) is 5.91 Å². The highest BCUT2D eigenvalue weighted by molar-refractivity contribution is 6.17. The number of alkyl halides is 3. The molecule has 2 aliphatic rings. The summed E-state index contributed by atoms with van der Waals surface area (Å²) in [5.41, 5.74) is -1.86. The maximum atomic E-state index is 14.5. The highest BCUT2D eigenvalue weighted by Crippen LogP contribution is 2.41. The van der Waals surface area contributed by atoms with Crippen LogP contribution in [0.2, 0.25) is 0 Å². The second-order valence-corrected chi connectivity index (χ2v) is 13.1. The number of aromatic nitrogens is 2. The second-order valence-electron chi connectivity index (χ2n) is 13.1. The van der Waals surface area contributed by atoms with Gasteiger partial charge >= 0.3 is 18.3 Å². The van der Waals surface area contributed by atoms with Gasteiger partial charge in [-0.1, -0.05) is 44.2 Å². The van der Waals surface area contributed by atoms with E-state index in [0.29, 0.717) is 34.8 Å². The first-order chi connectivity index (χ1) is 24.6. The third-order valence-electron chi connectivity index (χ3n) is 9.46. The van der Waals surface area contributed by atoms with Crippen LogP contribution in [0.15, 0.2) is 72.9 Å². The molecule has 0 saturated carbocycles. The lowest BCUT2D eigenvalue weighted by molar-refractivity contribution is -0.139. The van der Waals surface area contributed by atoms with Gasteiger partial charge in [-0.05, 0) is 60.7 Å². The fraction of sp³-hybridized carbons (Fsp3) is 0.333. The van der Waals surface area contributed by atoms with E-state index in [-0.39, 0.29) is 32.5 Å². The number of nitrogens with one attached hydrogen (secondary N) is 1. The van der Waals surface area contributed by atoms with Crippen LogP contribution in [0.5, 0.6) is 0 Å². The maximum Gasteiger partial charge on any atom is 0.435 e. The first-order valence-electron chi connectivity index (χ1n) is 16.4. The molecule has 1 aromatic heterocycles. The average molecular weight is 723 g/mol. The van der Waals surface area contributed by atoms with Gasteiger partial charge in [0.15, 0.2) is 0 Å². The number of halogens is 4. The fourth-order valence-corrected chi connectivity index (χ4v) is 6.61. The number of carbonyl (C=O) groups is 5. The summed E-state index contributed by atoms with van der Waals surface area (Å²) >= 11 is 0. The first kappa shape index (κ1) is 36.0. The number of hydrogen-bond donors (Lipinski definition) is 1. The third kappa shape index (κ3) is 6.55. The van der Waals surface area contributed by atoms with Gasteiger partial charge in [-0.3, -0.25) is 24.2 Å². The zero-order chi connectivity index (χ0) is 37.5. The number of nitrogens with zero attached hydrogens (tertiary/aromatic N) is 5. The van der Waals surface area contributed by atoms with E-state index in [2.05, 4.69) is 10.4 Å². The zero-order valence-corrected chi connectivity index (χ0v) is 28.3. The molecule has 2 saturated heterocycles. The van der Waals surface area contributed by atoms with Gasteiger partial charge in [-0.15, -0.1) is 0 Å². The van der Waals surface area contributed by atoms with Gasteiger partial charge in [-0.2, -0.15) is 23.0 Å². The Bertz CT molecular complexity index is 2060. The van der Waals surface area contributed by atoms with Crippen LogP contribution < -0.4 is 10.2 Å². The van der Waals surface area contributed by atoms with Gasteiger partial charge < -0.3 is 15.0 Å². The van der Waals surface area contributed by atoms with Crippen molar-refractivity contribution in [2.24, 2.45) is 5.92 Å². The Labute approximate surface area is 294 Å². The molecule has 4 aromatic rings. The summed E-state index contributed by atoms with van der Waals surface area (Å²) in [4.78, 5) is 70.6. The molecule has 272 valence electrons. The van der Waals surface area contributed by atoms with Gasteiger partial charge in [0, 0.05) is 31.2 Å². The number of imide groups is 1. The van der Waals surface area contributed by atoms with Gasteiger partial charge in [0.05, 0.1) is 22.8 Å². The van der Waals surface area contributed by atoms with Crippen LogP contribution in [0.25, 0.3) is 10.9 Å². The minimum Gasteiger partial charge on any atom is -0.443 e. The van der Waals surface area contributed by atoms with Crippen molar-refractivity contribution < 1.29 is 46.3 Å². The molecule has 1 atom stereocenters. The lowest BCUT2D eigenvalue weighted by Gasteiger charge is -2.43. The van der Waals surface area contributed by atoms with Crippen molar-refractivity contribution in [3.63, 3.8) is 0 Å². The summed E-state index contributed by atoms with van der Waals surface area (Å²) in [5.74, 6) is -3.95. The predicted molar refractivity (Wildman–Crippen MR) is 178 cm³/mol. The molecule has 5 amide bonds. The quantitative estimate of drug-likeness (QED) is 0.194. The molecule has 2 fully saturated rings. The number of carbonyl (C=O) groups excluding carboxylic acids is 5. The molecule has 1 N–H and O–H groups in total. The Balaban J connectivity index is 1.19. The predicted octanol–water partition coefficient (Wildman–Crippen LogP) is 5.59. The number of ether oxygens (including phenoxy) is 1. The second kappa shape index (κ2) is 13.7. The van der Waals surface area contributed by atoms with Crippen LogP contribution in [0.4, 0.5) is 32.8 Å². The maximum absolute atomic E-state index is 14.5. The SMILES string of the molecule is CC(C)C(NC(=O)c1cc(C(F)(F)F)ccc1F)C(=O)N1CCC2(CC1)C(=O)N(C)C(=O)N2c1ccc2c(cnn2C(=O)OCc2ccccc2)c1. The molecule has 0 radical (unpaired) electrons. The fourth-order valence-electron chi connectivity index (χ4n) is 6.61. The summed E-state index contributed by atoms with van der Waals surface area (Å²) in [5, 5.41) is 7.06. The highest BCUT2D eigenvalue weighted by Gasteiger charge is 2.58. The molecule has 16 heteroatoms. The molecule has 3 heterocycles. The topological polar surface area (TPSA) is 134 Å². The number of piperidine rings is 1. The molecule has 6 rings (SSSR count). The highest BCUT2D eigenvalue weighted by atomic mass is 19.4. The number of likely N-dealkylation sites (tertiary alicyclic amines) is 1. The monoisotopic (exact) mass is 722 g/mol. The van der Waals surface area contributed by atoms with Crippen LogP contribution >= 0.6 is 0 Å². The largest absolute Gasteiger partial charge is 0.443 e. The van der Waals surface area contributed by atoms with Crippen LogP contribution in [0.1, 0.15) is 48.2 Å². The van der Waals surface area contributed by atoms with E-state index < -0.39 is 70.5 Å². The van der Waals surface area contributed by atoms with Crippen LogP contribution in [0.3, 0.4) is 0 Å². The molecule has 2 aliphatic heterocycles. The number of rotatable bonds is 7. The van der Waals surface area contributed by atoms with Gasteiger partial charge in [-0.25, -0.2) is 14.0 Å². The molecular formula is C36H34F4N6O6. The van der Waals surface area contributed by atoms with Crippen molar-refractivity contribution in [1.29, 1.82) is 0 Å². The Morgan fingerprint density at radius 2 is 1.67 bits per heavy atom. The first-order valence-corrected chi connectivity index (χ1v) is 16.4. The number of hydrogen-bond acceptors (Lipinski definition) is 7. The molecular weight excluding hydrogens is 688 g/mol. The Morgan fingerprint density at radius 1 is 0.981 bits per heavy atom. The van der Waals surface area contributed by atoms with E-state index in [9.17, 15) is 41.5 Å². The molecule has 52 heavy (non-hydrogen) atoms. The smallest absolute Gasteiger partial charge is 0.435 e. The third-order valence-corrected chi connectivity index (χ3v) is 9.46. The number of likely N-dealkylation sites (N-methyl/N-ethyl adjacent to an activating group) is 1. The minimum absolute atomic E-state index is 0.00731. The molecule has 0 aliphatic carbocycles. The van der Waals surface area contributed by atoms with Crippen molar-refractivity contribution in [3.8, 4) is 0 Å². The summed E-state index contributed by atoms with van der Waals surface area (Å²) < 4.78 is 60.7. The summed E-state index contributed by atoms with van der Waals surface area (Å²) in [6.45, 7) is 3.26. The zero-order valence-electron chi connectivity index (χ0n) is 28.3. The molecule has 0 bridgehead atoms.